The molecule has 0 radical (unpaired) electrons. The molecule has 0 saturated carbocycles. The minimum Gasteiger partial charge on any atom is -0.507 e. The summed E-state index contributed by atoms with van der Waals surface area (Å²) in [6.07, 6.45) is 0. The second kappa shape index (κ2) is 8.84. The van der Waals surface area contributed by atoms with Crippen molar-refractivity contribution in [3.63, 3.8) is 0 Å². The Morgan fingerprint density at radius 1 is 1.10 bits per heavy atom. The van der Waals surface area contributed by atoms with Gasteiger partial charge in [0.1, 0.15) is 5.76 Å². The molecule has 1 atom stereocenters. The van der Waals surface area contributed by atoms with Crippen molar-refractivity contribution in [2.45, 2.75) is 6.04 Å². The van der Waals surface area contributed by atoms with Gasteiger partial charge in [0.05, 0.1) is 37.4 Å². The number of ether oxygens (including phenoxy) is 2. The fourth-order valence-corrected chi connectivity index (χ4v) is 3.48. The molecular formula is C21H20N2O8. The quantitative estimate of drug-likeness (QED) is 0.224. The van der Waals surface area contributed by atoms with Gasteiger partial charge in [-0.1, -0.05) is 6.07 Å². The minimum atomic E-state index is -0.998. The third-order valence-electron chi connectivity index (χ3n) is 4.96. The maximum Gasteiger partial charge on any atom is 0.295 e. The summed E-state index contributed by atoms with van der Waals surface area (Å²) in [4.78, 5) is 36.8. The maximum absolute atomic E-state index is 12.8. The Kier molecular flexibility index (Phi) is 6.21. The molecule has 1 aliphatic heterocycles. The van der Waals surface area contributed by atoms with E-state index in [9.17, 15) is 29.9 Å². The highest BCUT2D eigenvalue weighted by molar-refractivity contribution is 6.46. The van der Waals surface area contributed by atoms with Crippen LogP contribution in [0.5, 0.6) is 11.5 Å². The maximum atomic E-state index is 12.8. The predicted molar refractivity (Wildman–Crippen MR) is 109 cm³/mol. The number of hydrogen-bond donors (Lipinski definition) is 2. The molecule has 0 bridgehead atoms. The minimum absolute atomic E-state index is 0.137. The fourth-order valence-electron chi connectivity index (χ4n) is 3.48. The Balaban J connectivity index is 2.18. The van der Waals surface area contributed by atoms with Gasteiger partial charge in [0.2, 0.25) is 0 Å². The van der Waals surface area contributed by atoms with E-state index in [-0.39, 0.29) is 23.4 Å². The number of rotatable bonds is 7. The highest BCUT2D eigenvalue weighted by Crippen LogP contribution is 2.41. The summed E-state index contributed by atoms with van der Waals surface area (Å²) in [5, 5.41) is 31.2. The molecule has 0 aliphatic carbocycles. The van der Waals surface area contributed by atoms with E-state index >= 15 is 0 Å². The Bertz CT molecular complexity index is 1060. The zero-order valence-corrected chi connectivity index (χ0v) is 16.8. The van der Waals surface area contributed by atoms with Crippen LogP contribution in [0.2, 0.25) is 0 Å². The number of carbonyl (C=O) groups excluding carboxylic acids is 2. The van der Waals surface area contributed by atoms with Crippen molar-refractivity contribution in [3.8, 4) is 11.5 Å². The molecule has 2 N–H and O–H groups in total. The van der Waals surface area contributed by atoms with E-state index in [4.69, 9.17) is 9.47 Å². The molecule has 1 heterocycles. The van der Waals surface area contributed by atoms with Gasteiger partial charge in [-0.25, -0.2) is 0 Å². The van der Waals surface area contributed by atoms with E-state index < -0.39 is 35.0 Å². The van der Waals surface area contributed by atoms with Crippen LogP contribution < -0.4 is 9.47 Å². The predicted octanol–water partition coefficient (Wildman–Crippen LogP) is 2.03. The molecule has 0 spiro atoms. The van der Waals surface area contributed by atoms with Crippen LogP contribution in [0.15, 0.2) is 48.0 Å². The molecule has 1 aliphatic rings. The van der Waals surface area contributed by atoms with E-state index in [2.05, 4.69) is 0 Å². The van der Waals surface area contributed by atoms with Gasteiger partial charge in [0, 0.05) is 24.2 Å². The first-order valence-corrected chi connectivity index (χ1v) is 9.20. The van der Waals surface area contributed by atoms with Crippen LogP contribution in [0, 0.1) is 10.1 Å². The zero-order valence-electron chi connectivity index (χ0n) is 16.8. The molecular weight excluding hydrogens is 408 g/mol. The molecule has 2 aromatic carbocycles. The van der Waals surface area contributed by atoms with E-state index in [1.807, 2.05) is 0 Å². The number of methoxy groups -OCH3 is 2. The van der Waals surface area contributed by atoms with Gasteiger partial charge in [-0.3, -0.25) is 19.7 Å². The lowest BCUT2D eigenvalue weighted by molar-refractivity contribution is -0.384. The smallest absolute Gasteiger partial charge is 0.295 e. The number of aliphatic hydroxyl groups excluding tert-OH is 2. The summed E-state index contributed by atoms with van der Waals surface area (Å²) in [6.45, 7) is -0.533. The van der Waals surface area contributed by atoms with Crippen LogP contribution in [0.4, 0.5) is 5.69 Å². The fraction of sp³-hybridized carbons (Fsp3) is 0.238. The number of nitro groups is 1. The Labute approximate surface area is 177 Å². The van der Waals surface area contributed by atoms with Crippen LogP contribution in [0.3, 0.4) is 0 Å². The number of benzene rings is 2. The number of non-ortho nitro benzene ring substituents is 1. The van der Waals surface area contributed by atoms with Gasteiger partial charge in [-0.05, 0) is 29.8 Å². The van der Waals surface area contributed by atoms with Crippen molar-refractivity contribution in [3.05, 3.63) is 69.3 Å². The number of nitro benzene ring substituents is 1. The van der Waals surface area contributed by atoms with Crippen molar-refractivity contribution in [1.29, 1.82) is 0 Å². The summed E-state index contributed by atoms with van der Waals surface area (Å²) in [5.74, 6) is -1.50. The summed E-state index contributed by atoms with van der Waals surface area (Å²) in [7, 11) is 2.90. The Morgan fingerprint density at radius 3 is 2.29 bits per heavy atom. The van der Waals surface area contributed by atoms with Gasteiger partial charge in [-0.15, -0.1) is 0 Å². The topological polar surface area (TPSA) is 139 Å². The van der Waals surface area contributed by atoms with Crippen LogP contribution in [-0.4, -0.2) is 59.1 Å². The van der Waals surface area contributed by atoms with Crippen LogP contribution >= 0.6 is 0 Å². The Morgan fingerprint density at radius 2 is 1.74 bits per heavy atom. The first-order valence-electron chi connectivity index (χ1n) is 9.20. The average Bonchev–Trinajstić information content (AvgIpc) is 3.03. The molecule has 0 unspecified atom stereocenters. The van der Waals surface area contributed by atoms with Crippen molar-refractivity contribution in [1.82, 2.24) is 4.90 Å². The van der Waals surface area contributed by atoms with Crippen molar-refractivity contribution in [2.75, 3.05) is 27.4 Å². The van der Waals surface area contributed by atoms with Gasteiger partial charge in [0.15, 0.2) is 11.5 Å². The normalized spacial score (nSPS) is 17.6. The Hall–Kier alpha value is -3.92. The number of ketones is 1. The van der Waals surface area contributed by atoms with E-state index in [1.165, 1.54) is 38.5 Å². The molecule has 1 amide bonds. The molecule has 10 heteroatoms. The molecule has 1 saturated heterocycles. The summed E-state index contributed by atoms with van der Waals surface area (Å²) in [6, 6.07) is 8.74. The third kappa shape index (κ3) is 3.92. The first kappa shape index (κ1) is 21.8. The van der Waals surface area contributed by atoms with E-state index in [0.29, 0.717) is 17.1 Å². The lowest BCUT2D eigenvalue weighted by Gasteiger charge is -2.25. The van der Waals surface area contributed by atoms with E-state index in [1.54, 1.807) is 18.2 Å². The highest BCUT2D eigenvalue weighted by Gasteiger charge is 2.46. The molecule has 1 fully saturated rings. The molecule has 3 rings (SSSR count). The number of aliphatic hydroxyl groups is 2. The number of likely N-dealkylation sites (tertiary alicyclic amines) is 1. The van der Waals surface area contributed by atoms with Gasteiger partial charge in [-0.2, -0.15) is 0 Å². The number of carbonyl (C=O) groups is 2. The standard InChI is InChI=1S/C21H20N2O8/c1-30-15-8-5-13(11-16(15)31-2)18-17(20(26)21(27)22(18)9-10-24)19(25)12-3-6-14(7-4-12)23(28)29/h3-8,11,18,24-25H,9-10H2,1-2H3/t18-/m0/s1. The van der Waals surface area contributed by atoms with Crippen molar-refractivity contribution >= 4 is 23.1 Å². The average molecular weight is 428 g/mol. The number of amides is 1. The lowest BCUT2D eigenvalue weighted by Crippen LogP contribution is -2.32. The molecule has 0 aromatic heterocycles. The van der Waals surface area contributed by atoms with Gasteiger partial charge < -0.3 is 24.6 Å². The van der Waals surface area contributed by atoms with Crippen LogP contribution in [-0.2, 0) is 9.59 Å². The zero-order chi connectivity index (χ0) is 22.7. The second-order valence-electron chi connectivity index (χ2n) is 6.63. The monoisotopic (exact) mass is 428 g/mol. The number of nitrogens with zero attached hydrogens (tertiary/aromatic N) is 2. The summed E-state index contributed by atoms with van der Waals surface area (Å²) < 4.78 is 10.5. The van der Waals surface area contributed by atoms with Gasteiger partial charge in [0.25, 0.3) is 17.4 Å². The summed E-state index contributed by atoms with van der Waals surface area (Å²) >= 11 is 0. The highest BCUT2D eigenvalue weighted by atomic mass is 16.6. The molecule has 10 nitrogen and oxygen atoms in total. The SMILES string of the molecule is COc1ccc([C@H]2C(=C(O)c3ccc([N+](=O)[O-])cc3)C(=O)C(=O)N2CCO)cc1OC. The van der Waals surface area contributed by atoms with Crippen molar-refractivity contribution < 1.29 is 34.2 Å². The number of hydrogen-bond acceptors (Lipinski definition) is 8. The first-order chi connectivity index (χ1) is 14.8. The van der Waals surface area contributed by atoms with Crippen LogP contribution in [0.25, 0.3) is 5.76 Å². The largest absolute Gasteiger partial charge is 0.507 e. The van der Waals surface area contributed by atoms with Crippen molar-refractivity contribution in [2.24, 2.45) is 0 Å². The van der Waals surface area contributed by atoms with Gasteiger partial charge >= 0.3 is 0 Å². The van der Waals surface area contributed by atoms with E-state index in [0.717, 1.165) is 4.90 Å². The second-order valence-corrected chi connectivity index (χ2v) is 6.63. The number of Topliss-reactive ketones (excluding diaryl/α,β-unsaturated/α-hetero) is 1. The lowest BCUT2D eigenvalue weighted by atomic mass is 9.95. The molecule has 162 valence electrons. The third-order valence-corrected chi connectivity index (χ3v) is 4.96. The number of β-amino-alcohol motifs (C(OH)–C–C–N with tert-alkyl or cyclic N) is 1. The molecule has 2 aromatic rings. The van der Waals surface area contributed by atoms with Crippen LogP contribution in [0.1, 0.15) is 17.2 Å². The summed E-state index contributed by atoms with van der Waals surface area (Å²) in [5.41, 5.74) is 0.208. The molecule has 31 heavy (non-hydrogen) atoms.